The Labute approximate surface area is 173 Å². The van der Waals surface area contributed by atoms with Crippen LogP contribution in [0.2, 0.25) is 0 Å². The van der Waals surface area contributed by atoms with Crippen LogP contribution in [0.15, 0.2) is 41.9 Å². The predicted molar refractivity (Wildman–Crippen MR) is 112 cm³/mol. The fourth-order valence-electron chi connectivity index (χ4n) is 4.44. The van der Waals surface area contributed by atoms with Crippen LogP contribution in [0.4, 0.5) is 4.39 Å². The van der Waals surface area contributed by atoms with Crippen molar-refractivity contribution in [2.45, 2.75) is 44.6 Å². The fourth-order valence-corrected chi connectivity index (χ4v) is 5.39. The minimum absolute atomic E-state index is 0.0316. The number of piperidine rings is 1. The van der Waals surface area contributed by atoms with Gasteiger partial charge in [-0.15, -0.1) is 11.3 Å². The summed E-state index contributed by atoms with van der Waals surface area (Å²) in [6.07, 6.45) is 5.49. The van der Waals surface area contributed by atoms with Gasteiger partial charge >= 0.3 is 0 Å². The van der Waals surface area contributed by atoms with Gasteiger partial charge in [0, 0.05) is 35.6 Å². The van der Waals surface area contributed by atoms with E-state index in [1.807, 2.05) is 30.2 Å². The smallest absolute Gasteiger partial charge is 0.254 e. The number of halogens is 1. The molecule has 0 N–H and O–H groups in total. The first-order chi connectivity index (χ1) is 14.1. The van der Waals surface area contributed by atoms with Crippen LogP contribution < -0.4 is 0 Å². The molecule has 0 spiro atoms. The van der Waals surface area contributed by atoms with E-state index in [0.717, 1.165) is 53.2 Å². The lowest BCUT2D eigenvalue weighted by Gasteiger charge is -2.38. The molecule has 2 atom stereocenters. The van der Waals surface area contributed by atoms with Crippen LogP contribution in [0.5, 0.6) is 0 Å². The lowest BCUT2D eigenvalue weighted by molar-refractivity contribution is 0.0588. The lowest BCUT2D eigenvalue weighted by atomic mass is 9.91. The highest BCUT2D eigenvalue weighted by Crippen LogP contribution is 2.37. The van der Waals surface area contributed by atoms with Crippen molar-refractivity contribution in [1.29, 1.82) is 0 Å². The number of benzene rings is 1. The van der Waals surface area contributed by atoms with Crippen LogP contribution in [0, 0.1) is 12.7 Å². The fraction of sp³-hybridized carbons (Fsp3) is 0.348. The first-order valence-corrected chi connectivity index (χ1v) is 10.9. The maximum absolute atomic E-state index is 13.6. The van der Waals surface area contributed by atoms with E-state index in [-0.39, 0.29) is 23.7 Å². The average Bonchev–Trinajstić information content (AvgIpc) is 3.18. The van der Waals surface area contributed by atoms with Crippen molar-refractivity contribution < 1.29 is 9.18 Å². The number of thiazole rings is 1. The Bertz CT molecular complexity index is 1060. The molecule has 3 aromatic rings. The average molecular weight is 408 g/mol. The first kappa shape index (κ1) is 18.4. The number of carbonyl (C=O) groups is 1. The Morgan fingerprint density at radius 2 is 2.03 bits per heavy atom. The van der Waals surface area contributed by atoms with Crippen molar-refractivity contribution in [2.24, 2.45) is 0 Å². The summed E-state index contributed by atoms with van der Waals surface area (Å²) >= 11 is 1.65. The molecule has 0 bridgehead atoms. The second-order valence-electron chi connectivity index (χ2n) is 8.02. The van der Waals surface area contributed by atoms with E-state index in [1.165, 1.54) is 12.1 Å². The van der Waals surface area contributed by atoms with E-state index in [0.29, 0.717) is 12.1 Å². The van der Waals surface area contributed by atoms with Crippen molar-refractivity contribution in [3.63, 3.8) is 0 Å². The number of nitrogens with zero attached hydrogens (tertiary/aromatic N) is 3. The molecule has 0 saturated carbocycles. The monoisotopic (exact) mass is 407 g/mol. The van der Waals surface area contributed by atoms with E-state index in [1.54, 1.807) is 17.4 Å². The summed E-state index contributed by atoms with van der Waals surface area (Å²) in [7, 11) is 0. The van der Waals surface area contributed by atoms with Crippen LogP contribution in [0.1, 0.15) is 51.7 Å². The van der Waals surface area contributed by atoms with Gasteiger partial charge in [-0.3, -0.25) is 9.78 Å². The quantitative estimate of drug-likeness (QED) is 0.601. The Kier molecular flexibility index (Phi) is 4.66. The molecular weight excluding hydrogens is 385 g/mol. The zero-order chi connectivity index (χ0) is 20.0. The SMILES string of the molecule is Cc1ccc(-c2csc(C3CCC4CCc5cc(F)ccc5C(=O)N4C3)n2)nc1. The van der Waals surface area contributed by atoms with Crippen LogP contribution >= 0.6 is 11.3 Å². The third kappa shape index (κ3) is 3.46. The van der Waals surface area contributed by atoms with Crippen molar-refractivity contribution in [3.05, 3.63) is 69.4 Å². The summed E-state index contributed by atoms with van der Waals surface area (Å²) in [5.74, 6) is -0.0000869. The van der Waals surface area contributed by atoms with Gasteiger partial charge in [0.1, 0.15) is 5.82 Å². The number of hydrogen-bond donors (Lipinski definition) is 0. The van der Waals surface area contributed by atoms with Gasteiger partial charge in [0.2, 0.25) is 0 Å². The van der Waals surface area contributed by atoms with E-state index in [9.17, 15) is 9.18 Å². The zero-order valence-corrected chi connectivity index (χ0v) is 17.1. The number of aryl methyl sites for hydroxylation is 2. The molecule has 2 aliphatic heterocycles. The lowest BCUT2D eigenvalue weighted by Crippen LogP contribution is -2.45. The summed E-state index contributed by atoms with van der Waals surface area (Å²) in [6, 6.07) is 8.82. The molecule has 2 unspecified atom stereocenters. The number of carbonyl (C=O) groups excluding carboxylic acids is 1. The van der Waals surface area contributed by atoms with Gasteiger partial charge in [-0.1, -0.05) is 6.07 Å². The van der Waals surface area contributed by atoms with Crippen LogP contribution in [0.25, 0.3) is 11.4 Å². The second-order valence-corrected chi connectivity index (χ2v) is 8.91. The third-order valence-electron chi connectivity index (χ3n) is 6.06. The van der Waals surface area contributed by atoms with Gasteiger partial charge in [0.25, 0.3) is 5.91 Å². The summed E-state index contributed by atoms with van der Waals surface area (Å²) in [5, 5.41) is 3.12. The number of pyridine rings is 1. The number of amides is 1. The Morgan fingerprint density at radius 1 is 1.14 bits per heavy atom. The summed E-state index contributed by atoms with van der Waals surface area (Å²) in [5.41, 5.74) is 4.40. The molecule has 2 aliphatic rings. The van der Waals surface area contributed by atoms with Gasteiger partial charge in [0.05, 0.1) is 16.4 Å². The van der Waals surface area contributed by atoms with Gasteiger partial charge < -0.3 is 4.90 Å². The summed E-state index contributed by atoms with van der Waals surface area (Å²) in [6.45, 7) is 2.70. The minimum atomic E-state index is -0.269. The maximum atomic E-state index is 13.6. The molecule has 1 saturated heterocycles. The van der Waals surface area contributed by atoms with Crippen molar-refractivity contribution in [1.82, 2.24) is 14.9 Å². The summed E-state index contributed by atoms with van der Waals surface area (Å²) < 4.78 is 13.6. The van der Waals surface area contributed by atoms with Gasteiger partial charge in [-0.2, -0.15) is 0 Å². The van der Waals surface area contributed by atoms with Crippen LogP contribution in [-0.2, 0) is 6.42 Å². The normalized spacial score (nSPS) is 21.4. The largest absolute Gasteiger partial charge is 0.335 e. The highest BCUT2D eigenvalue weighted by Gasteiger charge is 2.36. The molecule has 4 nitrogen and oxygen atoms in total. The molecule has 5 rings (SSSR count). The van der Waals surface area contributed by atoms with Gasteiger partial charge in [0.15, 0.2) is 0 Å². The molecule has 0 radical (unpaired) electrons. The molecule has 1 fully saturated rings. The van der Waals surface area contributed by atoms with E-state index in [2.05, 4.69) is 10.4 Å². The van der Waals surface area contributed by atoms with E-state index >= 15 is 0 Å². The number of hydrogen-bond acceptors (Lipinski definition) is 4. The summed E-state index contributed by atoms with van der Waals surface area (Å²) in [4.78, 5) is 24.5. The molecule has 1 aromatic carbocycles. The topological polar surface area (TPSA) is 46.1 Å². The molecule has 6 heteroatoms. The first-order valence-electron chi connectivity index (χ1n) is 10.1. The highest BCUT2D eigenvalue weighted by atomic mass is 32.1. The minimum Gasteiger partial charge on any atom is -0.335 e. The van der Waals surface area contributed by atoms with Crippen molar-refractivity contribution >= 4 is 17.2 Å². The number of rotatable bonds is 2. The standard InChI is InChI=1S/C23H22FN3OS/c1-14-2-9-20(25-11-14)21-13-29-22(26-21)16-4-7-18-6-3-15-10-17(24)5-8-19(15)23(28)27(18)12-16/h2,5,8-11,13,16,18H,3-4,6-7,12H2,1H3. The molecule has 148 valence electrons. The van der Waals surface area contributed by atoms with Crippen molar-refractivity contribution in [3.8, 4) is 11.4 Å². The highest BCUT2D eigenvalue weighted by molar-refractivity contribution is 7.10. The van der Waals surface area contributed by atoms with E-state index in [4.69, 9.17) is 4.98 Å². The second kappa shape index (κ2) is 7.34. The number of aromatic nitrogens is 2. The van der Waals surface area contributed by atoms with Gasteiger partial charge in [-0.05, 0) is 68.0 Å². The third-order valence-corrected chi connectivity index (χ3v) is 7.06. The number of fused-ring (bicyclic) bond motifs is 2. The molecule has 29 heavy (non-hydrogen) atoms. The molecule has 1 amide bonds. The van der Waals surface area contributed by atoms with Crippen LogP contribution in [-0.4, -0.2) is 33.4 Å². The van der Waals surface area contributed by atoms with Gasteiger partial charge in [-0.25, -0.2) is 9.37 Å². The Balaban J connectivity index is 1.39. The van der Waals surface area contributed by atoms with E-state index < -0.39 is 0 Å². The Morgan fingerprint density at radius 3 is 2.86 bits per heavy atom. The molecule has 4 heterocycles. The predicted octanol–water partition coefficient (Wildman–Crippen LogP) is 4.99. The maximum Gasteiger partial charge on any atom is 0.254 e. The van der Waals surface area contributed by atoms with Crippen LogP contribution in [0.3, 0.4) is 0 Å². The molecule has 0 aliphatic carbocycles. The Hall–Kier alpha value is -2.60. The zero-order valence-electron chi connectivity index (χ0n) is 16.3. The molecular formula is C23H22FN3OS. The van der Waals surface area contributed by atoms with Crippen molar-refractivity contribution in [2.75, 3.05) is 6.54 Å². The molecule has 2 aromatic heterocycles.